The fraction of sp³-hybridized carbons (Fsp3) is 0.263. The molecule has 2 rings (SSSR count). The van der Waals surface area contributed by atoms with Gasteiger partial charge in [-0.2, -0.15) is 13.2 Å². The molecule has 0 saturated carbocycles. The van der Waals surface area contributed by atoms with Gasteiger partial charge in [-0.1, -0.05) is 12.1 Å². The minimum absolute atomic E-state index is 0.0274. The Bertz CT molecular complexity index is 1090. The summed E-state index contributed by atoms with van der Waals surface area (Å²) in [6.07, 6.45) is -6.16. The van der Waals surface area contributed by atoms with Crippen LogP contribution < -0.4 is 14.8 Å². The van der Waals surface area contributed by atoms with Gasteiger partial charge < -0.3 is 14.8 Å². The molecule has 168 valence electrons. The Morgan fingerprint density at radius 3 is 2.32 bits per heavy atom. The lowest BCUT2D eigenvalue weighted by molar-refractivity contribution is -0.137. The first-order chi connectivity index (χ1) is 14.4. The van der Waals surface area contributed by atoms with Gasteiger partial charge in [0.15, 0.2) is 6.10 Å². The van der Waals surface area contributed by atoms with Crippen molar-refractivity contribution in [3.8, 4) is 5.75 Å². The molecule has 31 heavy (non-hydrogen) atoms. The number of amides is 1. The van der Waals surface area contributed by atoms with Crippen molar-refractivity contribution in [2.24, 2.45) is 0 Å². The van der Waals surface area contributed by atoms with E-state index in [2.05, 4.69) is 10.0 Å². The number of nitrogens with one attached hydrogen (secondary N) is 2. The Labute approximate surface area is 176 Å². The predicted octanol–water partition coefficient (Wildman–Crippen LogP) is 2.81. The molecule has 0 aromatic heterocycles. The third-order valence-electron chi connectivity index (χ3n) is 4.10. The van der Waals surface area contributed by atoms with E-state index in [0.717, 1.165) is 25.1 Å². The minimum Gasteiger partial charge on any atom is -0.495 e. The first-order valence-electron chi connectivity index (χ1n) is 8.70. The number of esters is 1. The highest BCUT2D eigenvalue weighted by molar-refractivity contribution is 7.89. The average Bonchev–Trinajstić information content (AvgIpc) is 2.72. The van der Waals surface area contributed by atoms with E-state index in [1.165, 1.54) is 38.4 Å². The fourth-order valence-electron chi connectivity index (χ4n) is 2.48. The lowest BCUT2D eigenvalue weighted by Gasteiger charge is -2.17. The minimum atomic E-state index is -4.69. The van der Waals surface area contributed by atoms with Crippen LogP contribution in [0.1, 0.15) is 22.8 Å². The molecule has 0 aliphatic carbocycles. The van der Waals surface area contributed by atoms with Crippen LogP contribution in [0.5, 0.6) is 5.75 Å². The van der Waals surface area contributed by atoms with Gasteiger partial charge in [-0.25, -0.2) is 17.9 Å². The highest BCUT2D eigenvalue weighted by Gasteiger charge is 2.34. The van der Waals surface area contributed by atoms with Crippen LogP contribution in [0.4, 0.5) is 18.9 Å². The number of para-hydroxylation sites is 1. The van der Waals surface area contributed by atoms with Crippen LogP contribution in [0.2, 0.25) is 0 Å². The molecule has 0 spiro atoms. The van der Waals surface area contributed by atoms with Gasteiger partial charge in [0.1, 0.15) is 10.6 Å². The van der Waals surface area contributed by atoms with Crippen molar-refractivity contribution in [1.82, 2.24) is 4.72 Å². The topological polar surface area (TPSA) is 111 Å². The molecule has 2 aromatic rings. The molecule has 0 aliphatic rings. The molecule has 0 aliphatic heterocycles. The van der Waals surface area contributed by atoms with E-state index in [0.29, 0.717) is 0 Å². The Morgan fingerprint density at radius 1 is 1.10 bits per heavy atom. The summed E-state index contributed by atoms with van der Waals surface area (Å²) in [5.74, 6) is -2.08. The van der Waals surface area contributed by atoms with E-state index in [-0.39, 0.29) is 16.2 Å². The summed E-state index contributed by atoms with van der Waals surface area (Å²) in [5, 5.41) is 2.07. The van der Waals surface area contributed by atoms with Crippen LogP contribution in [-0.2, 0) is 25.7 Å². The van der Waals surface area contributed by atoms with Crippen molar-refractivity contribution in [1.29, 1.82) is 0 Å². The van der Waals surface area contributed by atoms with Crippen LogP contribution in [0, 0.1) is 0 Å². The monoisotopic (exact) mass is 460 g/mol. The number of sulfonamides is 1. The number of benzene rings is 2. The molecule has 0 radical (unpaired) electrons. The van der Waals surface area contributed by atoms with E-state index in [4.69, 9.17) is 9.47 Å². The maximum absolute atomic E-state index is 13.1. The Hall–Kier alpha value is -3.12. The van der Waals surface area contributed by atoms with Gasteiger partial charge in [-0.15, -0.1) is 0 Å². The van der Waals surface area contributed by atoms with Gasteiger partial charge in [-0.3, -0.25) is 4.79 Å². The molecular weight excluding hydrogens is 441 g/mol. The van der Waals surface area contributed by atoms with Gasteiger partial charge in [0.25, 0.3) is 5.91 Å². The maximum Gasteiger partial charge on any atom is 0.418 e. The first kappa shape index (κ1) is 24.2. The van der Waals surface area contributed by atoms with Crippen molar-refractivity contribution in [3.05, 3.63) is 53.6 Å². The van der Waals surface area contributed by atoms with E-state index < -0.39 is 45.4 Å². The molecule has 1 amide bonds. The normalized spacial score (nSPS) is 12.7. The van der Waals surface area contributed by atoms with Crippen LogP contribution in [0.25, 0.3) is 0 Å². The molecular formula is C19H19F3N2O6S. The maximum atomic E-state index is 13.1. The van der Waals surface area contributed by atoms with Crippen molar-refractivity contribution in [3.63, 3.8) is 0 Å². The quantitative estimate of drug-likeness (QED) is 0.615. The number of carbonyl (C=O) groups excluding carboxylic acids is 2. The third-order valence-corrected chi connectivity index (χ3v) is 5.54. The van der Waals surface area contributed by atoms with Gasteiger partial charge in [0.05, 0.1) is 23.9 Å². The number of hydrogen-bond donors (Lipinski definition) is 2. The molecule has 0 saturated heterocycles. The molecule has 12 heteroatoms. The summed E-state index contributed by atoms with van der Waals surface area (Å²) >= 11 is 0. The number of alkyl halides is 3. The zero-order valence-electron chi connectivity index (χ0n) is 16.6. The Morgan fingerprint density at radius 2 is 1.74 bits per heavy atom. The van der Waals surface area contributed by atoms with Crippen molar-refractivity contribution >= 4 is 27.6 Å². The highest BCUT2D eigenvalue weighted by Crippen LogP contribution is 2.34. The molecule has 0 heterocycles. The second-order valence-electron chi connectivity index (χ2n) is 6.15. The number of ether oxygens (including phenoxy) is 2. The van der Waals surface area contributed by atoms with Crippen LogP contribution >= 0.6 is 0 Å². The fourth-order valence-corrected chi connectivity index (χ4v) is 3.40. The summed E-state index contributed by atoms with van der Waals surface area (Å²) < 4.78 is 75.4. The molecule has 1 unspecified atom stereocenters. The first-order valence-corrected chi connectivity index (χ1v) is 10.2. The lowest BCUT2D eigenvalue weighted by Crippen LogP contribution is -2.31. The number of carbonyl (C=O) groups is 2. The number of methoxy groups -OCH3 is 1. The van der Waals surface area contributed by atoms with E-state index in [1.54, 1.807) is 0 Å². The van der Waals surface area contributed by atoms with E-state index >= 15 is 0 Å². The largest absolute Gasteiger partial charge is 0.495 e. The zero-order valence-corrected chi connectivity index (χ0v) is 17.4. The van der Waals surface area contributed by atoms with Crippen LogP contribution in [0.3, 0.4) is 0 Å². The van der Waals surface area contributed by atoms with Crippen molar-refractivity contribution in [2.45, 2.75) is 24.1 Å². The summed E-state index contributed by atoms with van der Waals surface area (Å²) in [4.78, 5) is 24.3. The zero-order chi connectivity index (χ0) is 23.4. The molecule has 0 fully saturated rings. The highest BCUT2D eigenvalue weighted by atomic mass is 32.2. The third kappa shape index (κ3) is 5.73. The standard InChI is InChI=1S/C19H19F3N2O6S/c1-11(17(25)24-14-7-5-4-6-13(14)19(20,21)22)30-18(26)12-8-9-15(29-3)16(10-12)31(27,28)23-2/h4-11,23H,1-3H3,(H,24,25). The number of anilines is 1. The second kappa shape index (κ2) is 9.35. The van der Waals surface area contributed by atoms with Crippen LogP contribution in [0.15, 0.2) is 47.4 Å². The number of rotatable bonds is 7. The second-order valence-corrected chi connectivity index (χ2v) is 8.01. The smallest absolute Gasteiger partial charge is 0.418 e. The Kier molecular flexibility index (Phi) is 7.28. The predicted molar refractivity (Wildman–Crippen MR) is 104 cm³/mol. The molecule has 2 N–H and O–H groups in total. The summed E-state index contributed by atoms with van der Waals surface area (Å²) in [6, 6.07) is 7.78. The van der Waals surface area contributed by atoms with Gasteiger partial charge in [0, 0.05) is 0 Å². The van der Waals surface area contributed by atoms with Gasteiger partial charge in [-0.05, 0) is 44.3 Å². The Balaban J connectivity index is 2.20. The molecule has 8 nitrogen and oxygen atoms in total. The SMILES string of the molecule is CNS(=O)(=O)c1cc(C(=O)OC(C)C(=O)Nc2ccccc2C(F)(F)F)ccc1OC. The summed E-state index contributed by atoms with van der Waals surface area (Å²) in [7, 11) is -1.55. The van der Waals surface area contributed by atoms with Crippen LogP contribution in [-0.4, -0.2) is 40.6 Å². The van der Waals surface area contributed by atoms with Crippen molar-refractivity contribution in [2.75, 3.05) is 19.5 Å². The lowest BCUT2D eigenvalue weighted by atomic mass is 10.1. The number of halogens is 3. The molecule has 0 bridgehead atoms. The molecule has 2 aromatic carbocycles. The van der Waals surface area contributed by atoms with Gasteiger partial charge >= 0.3 is 12.1 Å². The van der Waals surface area contributed by atoms with E-state index in [1.807, 2.05) is 0 Å². The number of hydrogen-bond acceptors (Lipinski definition) is 6. The van der Waals surface area contributed by atoms with E-state index in [9.17, 15) is 31.2 Å². The van der Waals surface area contributed by atoms with Crippen molar-refractivity contribution < 1.29 is 40.7 Å². The summed E-state index contributed by atoms with van der Waals surface area (Å²) in [6.45, 7) is 1.16. The average molecular weight is 460 g/mol. The molecule has 1 atom stereocenters. The summed E-state index contributed by atoms with van der Waals surface area (Å²) in [5.41, 5.74) is -1.75. The van der Waals surface area contributed by atoms with Gasteiger partial charge in [0.2, 0.25) is 10.0 Å².